The molecule has 1 N–H and O–H groups in total. The molecule has 0 aliphatic heterocycles. The first kappa shape index (κ1) is 15.9. The molecule has 0 unspecified atom stereocenters. The van der Waals surface area contributed by atoms with E-state index in [1.807, 2.05) is 19.1 Å². The topological polar surface area (TPSA) is 67.2 Å². The summed E-state index contributed by atoms with van der Waals surface area (Å²) in [5, 5.41) is 11.2. The molecule has 3 aromatic rings. The molecule has 0 saturated carbocycles. The highest BCUT2D eigenvalue weighted by molar-refractivity contribution is 7.18. The van der Waals surface area contributed by atoms with Gasteiger partial charge >= 0.3 is 0 Å². The van der Waals surface area contributed by atoms with Crippen molar-refractivity contribution in [2.75, 3.05) is 5.32 Å². The molecule has 0 aliphatic rings. The zero-order valence-corrected chi connectivity index (χ0v) is 13.5. The summed E-state index contributed by atoms with van der Waals surface area (Å²) in [6.07, 6.45) is 1.56. The van der Waals surface area contributed by atoms with E-state index in [9.17, 15) is 9.18 Å². The second-order valence-corrected chi connectivity index (χ2v) is 5.98. The average Bonchev–Trinajstić information content (AvgIpc) is 3.02. The zero-order valence-electron chi connectivity index (χ0n) is 12.7. The first-order chi connectivity index (χ1) is 11.6. The molecule has 0 atom stereocenters. The van der Waals surface area contributed by atoms with Gasteiger partial charge in [-0.1, -0.05) is 41.2 Å². The van der Waals surface area contributed by atoms with Gasteiger partial charge in [-0.25, -0.2) is 9.38 Å². The lowest BCUT2D eigenvalue weighted by Crippen LogP contribution is -2.11. The van der Waals surface area contributed by atoms with Gasteiger partial charge in [-0.05, 0) is 36.8 Å². The molecule has 7 heteroatoms. The maximum Gasteiger partial charge on any atom is 0.257 e. The number of hydrogen-bond acceptors (Lipinski definition) is 5. The number of halogens is 1. The van der Waals surface area contributed by atoms with Crippen molar-refractivity contribution in [3.8, 4) is 0 Å². The van der Waals surface area contributed by atoms with Crippen LogP contribution in [0.4, 0.5) is 14.7 Å². The Morgan fingerprint density at radius 3 is 2.54 bits per heavy atom. The van der Waals surface area contributed by atoms with E-state index in [0.29, 0.717) is 15.8 Å². The molecular formula is C17H13FN4OS. The Bertz CT molecular complexity index is 872. The molecule has 5 nitrogen and oxygen atoms in total. The van der Waals surface area contributed by atoms with E-state index in [-0.39, 0.29) is 11.7 Å². The number of carbonyl (C=O) groups excluding carboxylic acids is 1. The number of anilines is 1. The van der Waals surface area contributed by atoms with E-state index in [1.54, 1.807) is 30.5 Å². The maximum absolute atomic E-state index is 12.8. The summed E-state index contributed by atoms with van der Waals surface area (Å²) in [5.41, 5.74) is 2.38. The molecule has 0 bridgehead atoms. The number of carbonyl (C=O) groups is 1. The number of nitrogens with one attached hydrogen (secondary N) is 1. The number of aliphatic imine (C=N–C) groups is 1. The van der Waals surface area contributed by atoms with Gasteiger partial charge in [0, 0.05) is 11.8 Å². The minimum atomic E-state index is -0.302. The standard InChI is InChI=1S/C17H13FN4OS/c1-11-2-6-13(7-3-11)15(23)20-17-22-21-16(24-17)19-10-12-4-8-14(18)9-5-12/h2-10H,1H3,(H,20,22,23). The van der Waals surface area contributed by atoms with Crippen LogP contribution in [0, 0.1) is 12.7 Å². The summed E-state index contributed by atoms with van der Waals surface area (Å²) in [4.78, 5) is 16.3. The molecule has 1 amide bonds. The molecule has 0 spiro atoms. The second kappa shape index (κ2) is 7.10. The van der Waals surface area contributed by atoms with Gasteiger partial charge in [-0.15, -0.1) is 10.2 Å². The van der Waals surface area contributed by atoms with Gasteiger partial charge < -0.3 is 0 Å². The van der Waals surface area contributed by atoms with E-state index in [2.05, 4.69) is 20.5 Å². The number of benzene rings is 2. The molecule has 0 aliphatic carbocycles. The fourth-order valence-electron chi connectivity index (χ4n) is 1.87. The molecule has 2 aromatic carbocycles. The Morgan fingerprint density at radius 2 is 1.83 bits per heavy atom. The number of aromatic nitrogens is 2. The minimum absolute atomic E-state index is 0.250. The van der Waals surface area contributed by atoms with Crippen molar-refractivity contribution in [3.63, 3.8) is 0 Å². The van der Waals surface area contributed by atoms with Crippen LogP contribution in [0.5, 0.6) is 0 Å². The quantitative estimate of drug-likeness (QED) is 0.730. The molecule has 0 saturated heterocycles. The molecule has 1 heterocycles. The maximum atomic E-state index is 12.8. The Kier molecular flexibility index (Phi) is 4.72. The van der Waals surface area contributed by atoms with Crippen LogP contribution in [0.25, 0.3) is 0 Å². The van der Waals surface area contributed by atoms with E-state index in [0.717, 1.165) is 22.5 Å². The van der Waals surface area contributed by atoms with Crippen LogP contribution in [0.15, 0.2) is 53.5 Å². The Hall–Kier alpha value is -2.93. The monoisotopic (exact) mass is 340 g/mol. The van der Waals surface area contributed by atoms with Gasteiger partial charge in [-0.2, -0.15) is 0 Å². The number of hydrogen-bond donors (Lipinski definition) is 1. The van der Waals surface area contributed by atoms with Crippen LogP contribution in [0.3, 0.4) is 0 Å². The molecule has 1 aromatic heterocycles. The molecule has 24 heavy (non-hydrogen) atoms. The highest BCUT2D eigenvalue weighted by Gasteiger charge is 2.09. The fraction of sp³-hybridized carbons (Fsp3) is 0.0588. The van der Waals surface area contributed by atoms with Crippen molar-refractivity contribution in [1.82, 2.24) is 10.2 Å². The predicted octanol–water partition coefficient (Wildman–Crippen LogP) is 3.99. The predicted molar refractivity (Wildman–Crippen MR) is 92.7 cm³/mol. The summed E-state index contributed by atoms with van der Waals surface area (Å²) >= 11 is 1.16. The third kappa shape index (κ3) is 4.08. The normalized spacial score (nSPS) is 10.9. The number of amides is 1. The Balaban J connectivity index is 1.65. The molecule has 120 valence electrons. The van der Waals surface area contributed by atoms with Gasteiger partial charge in [0.2, 0.25) is 10.3 Å². The van der Waals surface area contributed by atoms with Crippen molar-refractivity contribution >= 4 is 33.7 Å². The minimum Gasteiger partial charge on any atom is -0.296 e. The highest BCUT2D eigenvalue weighted by Crippen LogP contribution is 2.23. The van der Waals surface area contributed by atoms with Crippen molar-refractivity contribution in [2.24, 2.45) is 4.99 Å². The summed E-state index contributed by atoms with van der Waals surface area (Å²) < 4.78 is 12.8. The van der Waals surface area contributed by atoms with E-state index >= 15 is 0 Å². The number of aryl methyl sites for hydroxylation is 1. The van der Waals surface area contributed by atoms with Crippen molar-refractivity contribution in [2.45, 2.75) is 6.92 Å². The van der Waals surface area contributed by atoms with Crippen molar-refractivity contribution in [1.29, 1.82) is 0 Å². The van der Waals surface area contributed by atoms with Crippen LogP contribution in [0.1, 0.15) is 21.5 Å². The average molecular weight is 340 g/mol. The van der Waals surface area contributed by atoms with Gasteiger partial charge in [0.15, 0.2) is 0 Å². The lowest BCUT2D eigenvalue weighted by molar-refractivity contribution is 0.102. The first-order valence-corrected chi connectivity index (χ1v) is 7.93. The lowest BCUT2D eigenvalue weighted by Gasteiger charge is -2.00. The van der Waals surface area contributed by atoms with Crippen molar-refractivity contribution in [3.05, 3.63) is 71.0 Å². The molecule has 3 rings (SSSR count). The van der Waals surface area contributed by atoms with Crippen LogP contribution in [-0.4, -0.2) is 22.3 Å². The largest absolute Gasteiger partial charge is 0.296 e. The summed E-state index contributed by atoms with van der Waals surface area (Å²) in [5.74, 6) is -0.551. The molecule has 0 radical (unpaired) electrons. The summed E-state index contributed by atoms with van der Waals surface area (Å²) in [7, 11) is 0. The molecule has 0 fully saturated rings. The second-order valence-electron chi connectivity index (χ2n) is 5.02. The smallest absolute Gasteiger partial charge is 0.257 e. The summed E-state index contributed by atoms with van der Waals surface area (Å²) in [6, 6.07) is 13.2. The van der Waals surface area contributed by atoms with E-state index in [4.69, 9.17) is 0 Å². The Labute approximate surface area is 141 Å². The Morgan fingerprint density at radius 1 is 1.12 bits per heavy atom. The van der Waals surface area contributed by atoms with E-state index in [1.165, 1.54) is 12.1 Å². The van der Waals surface area contributed by atoms with Gasteiger partial charge in [-0.3, -0.25) is 10.1 Å². The fourth-order valence-corrected chi connectivity index (χ4v) is 2.46. The van der Waals surface area contributed by atoms with Crippen molar-refractivity contribution < 1.29 is 9.18 Å². The highest BCUT2D eigenvalue weighted by atomic mass is 32.1. The lowest BCUT2D eigenvalue weighted by atomic mass is 10.1. The summed E-state index contributed by atoms with van der Waals surface area (Å²) in [6.45, 7) is 1.96. The SMILES string of the molecule is Cc1ccc(C(=O)Nc2nnc(N=Cc3ccc(F)cc3)s2)cc1. The van der Waals surface area contributed by atoms with Crippen LogP contribution >= 0.6 is 11.3 Å². The van der Waals surface area contributed by atoms with Gasteiger partial charge in [0.05, 0.1) is 0 Å². The number of nitrogens with zero attached hydrogens (tertiary/aromatic N) is 3. The van der Waals surface area contributed by atoms with E-state index < -0.39 is 0 Å². The number of rotatable bonds is 4. The third-order valence-corrected chi connectivity index (χ3v) is 3.89. The van der Waals surface area contributed by atoms with Gasteiger partial charge in [0.1, 0.15) is 5.82 Å². The third-order valence-electron chi connectivity index (χ3n) is 3.14. The van der Waals surface area contributed by atoms with Crippen LogP contribution in [0.2, 0.25) is 0 Å². The van der Waals surface area contributed by atoms with Crippen LogP contribution < -0.4 is 5.32 Å². The van der Waals surface area contributed by atoms with Gasteiger partial charge in [0.25, 0.3) is 5.91 Å². The van der Waals surface area contributed by atoms with Crippen LogP contribution in [-0.2, 0) is 0 Å². The zero-order chi connectivity index (χ0) is 16.9. The first-order valence-electron chi connectivity index (χ1n) is 7.11. The molecular weight excluding hydrogens is 327 g/mol.